The minimum atomic E-state index is -0.359. The summed E-state index contributed by atoms with van der Waals surface area (Å²) in [5.74, 6) is 0.541. The standard InChI is InChI=1S/C20H22F2N2O/c21-8-2-10-25-18-4-1-3-15(11-18)13-23-9-7-16-14-24-20-12-17(22)5-6-19(16)20/h1,3-6,11-12,14,23-24H,2,7-10,13H2. The van der Waals surface area contributed by atoms with Gasteiger partial charge in [0.25, 0.3) is 0 Å². The van der Waals surface area contributed by atoms with Crippen molar-refractivity contribution in [3.05, 3.63) is 65.6 Å². The van der Waals surface area contributed by atoms with E-state index in [-0.39, 0.29) is 12.5 Å². The summed E-state index contributed by atoms with van der Waals surface area (Å²) in [4.78, 5) is 3.11. The molecule has 2 aromatic carbocycles. The molecule has 0 bridgehead atoms. The van der Waals surface area contributed by atoms with E-state index in [2.05, 4.69) is 10.3 Å². The molecule has 3 nitrogen and oxygen atoms in total. The second kappa shape index (κ2) is 8.62. The first-order valence-corrected chi connectivity index (χ1v) is 8.50. The second-order valence-corrected chi connectivity index (χ2v) is 5.97. The maximum atomic E-state index is 13.2. The van der Waals surface area contributed by atoms with Gasteiger partial charge in [-0.2, -0.15) is 0 Å². The predicted molar refractivity (Wildman–Crippen MR) is 96.2 cm³/mol. The van der Waals surface area contributed by atoms with Crippen molar-refractivity contribution in [2.75, 3.05) is 19.8 Å². The molecule has 0 saturated carbocycles. The van der Waals surface area contributed by atoms with Crippen LogP contribution in [0.3, 0.4) is 0 Å². The maximum absolute atomic E-state index is 13.2. The zero-order chi connectivity index (χ0) is 17.5. The largest absolute Gasteiger partial charge is 0.493 e. The summed E-state index contributed by atoms with van der Waals surface area (Å²) in [5.41, 5.74) is 3.12. The number of fused-ring (bicyclic) bond motifs is 1. The van der Waals surface area contributed by atoms with Crippen LogP contribution in [0.4, 0.5) is 8.78 Å². The number of aromatic amines is 1. The van der Waals surface area contributed by atoms with Crippen LogP contribution < -0.4 is 10.1 Å². The van der Waals surface area contributed by atoms with Gasteiger partial charge in [0.05, 0.1) is 13.3 Å². The summed E-state index contributed by atoms with van der Waals surface area (Å²) in [7, 11) is 0. The fourth-order valence-electron chi connectivity index (χ4n) is 2.81. The number of aromatic nitrogens is 1. The van der Waals surface area contributed by atoms with Gasteiger partial charge in [-0.1, -0.05) is 12.1 Å². The van der Waals surface area contributed by atoms with Gasteiger partial charge in [-0.15, -0.1) is 0 Å². The minimum Gasteiger partial charge on any atom is -0.493 e. The van der Waals surface area contributed by atoms with E-state index in [1.807, 2.05) is 36.5 Å². The van der Waals surface area contributed by atoms with Gasteiger partial charge in [0.2, 0.25) is 0 Å². The normalized spacial score (nSPS) is 11.1. The number of benzene rings is 2. The van der Waals surface area contributed by atoms with Gasteiger partial charge in [0, 0.05) is 30.1 Å². The molecule has 0 saturated heterocycles. The van der Waals surface area contributed by atoms with Crippen molar-refractivity contribution < 1.29 is 13.5 Å². The molecular weight excluding hydrogens is 322 g/mol. The molecule has 5 heteroatoms. The monoisotopic (exact) mass is 344 g/mol. The molecule has 0 unspecified atom stereocenters. The van der Waals surface area contributed by atoms with Crippen LogP contribution in [0.2, 0.25) is 0 Å². The summed E-state index contributed by atoms with van der Waals surface area (Å²) in [5, 5.41) is 4.47. The third-order valence-electron chi connectivity index (χ3n) is 4.07. The molecule has 3 aromatic rings. The van der Waals surface area contributed by atoms with Crippen molar-refractivity contribution in [1.29, 1.82) is 0 Å². The Morgan fingerprint density at radius 3 is 2.92 bits per heavy atom. The Hall–Kier alpha value is -2.40. The van der Waals surface area contributed by atoms with E-state index in [9.17, 15) is 8.78 Å². The number of nitrogens with one attached hydrogen (secondary N) is 2. The smallest absolute Gasteiger partial charge is 0.125 e. The summed E-state index contributed by atoms with van der Waals surface area (Å²) < 4.78 is 30.8. The molecular formula is C20H22F2N2O. The first-order chi connectivity index (χ1) is 12.3. The summed E-state index contributed by atoms with van der Waals surface area (Å²) in [6.45, 7) is 1.59. The Morgan fingerprint density at radius 2 is 2.04 bits per heavy atom. The third-order valence-corrected chi connectivity index (χ3v) is 4.07. The van der Waals surface area contributed by atoms with Crippen LogP contribution in [0.15, 0.2) is 48.7 Å². The zero-order valence-electron chi connectivity index (χ0n) is 14.0. The Labute approximate surface area is 146 Å². The van der Waals surface area contributed by atoms with Crippen molar-refractivity contribution in [2.24, 2.45) is 0 Å². The van der Waals surface area contributed by atoms with Crippen LogP contribution in [-0.4, -0.2) is 24.8 Å². The van der Waals surface area contributed by atoms with Crippen molar-refractivity contribution in [3.63, 3.8) is 0 Å². The highest BCUT2D eigenvalue weighted by Crippen LogP contribution is 2.19. The zero-order valence-corrected chi connectivity index (χ0v) is 14.0. The lowest BCUT2D eigenvalue weighted by Gasteiger charge is -2.08. The highest BCUT2D eigenvalue weighted by molar-refractivity contribution is 5.83. The van der Waals surface area contributed by atoms with Crippen LogP contribution in [0.5, 0.6) is 5.75 Å². The summed E-state index contributed by atoms with van der Waals surface area (Å²) in [6, 6.07) is 12.6. The SMILES string of the molecule is FCCCOc1cccc(CNCCc2c[nH]c3cc(F)ccc23)c1. The van der Waals surface area contributed by atoms with E-state index in [0.29, 0.717) is 13.0 Å². The molecule has 0 radical (unpaired) electrons. The molecule has 1 heterocycles. The number of rotatable bonds is 9. The molecule has 1 aromatic heterocycles. The van der Waals surface area contributed by atoms with Crippen molar-refractivity contribution in [3.8, 4) is 5.75 Å². The maximum Gasteiger partial charge on any atom is 0.125 e. The summed E-state index contributed by atoms with van der Waals surface area (Å²) >= 11 is 0. The number of H-pyrrole nitrogens is 1. The molecule has 3 rings (SSSR count). The fourth-order valence-corrected chi connectivity index (χ4v) is 2.81. The van der Waals surface area contributed by atoms with Gasteiger partial charge in [0.1, 0.15) is 11.6 Å². The minimum absolute atomic E-state index is 0.229. The molecule has 0 fully saturated rings. The van der Waals surface area contributed by atoms with Crippen LogP contribution in [0.25, 0.3) is 10.9 Å². The molecule has 0 spiro atoms. The average Bonchev–Trinajstić information content (AvgIpc) is 3.01. The van der Waals surface area contributed by atoms with Gasteiger partial charge in [0.15, 0.2) is 0 Å². The van der Waals surface area contributed by atoms with Gasteiger partial charge in [-0.05, 0) is 54.4 Å². The Morgan fingerprint density at radius 1 is 1.12 bits per heavy atom. The Kier molecular flexibility index (Phi) is 6.01. The highest BCUT2D eigenvalue weighted by atomic mass is 19.1. The Balaban J connectivity index is 1.48. The lowest BCUT2D eigenvalue weighted by atomic mass is 10.1. The van der Waals surface area contributed by atoms with Gasteiger partial charge >= 0.3 is 0 Å². The van der Waals surface area contributed by atoms with Crippen molar-refractivity contribution >= 4 is 10.9 Å². The molecule has 0 aliphatic heterocycles. The van der Waals surface area contributed by atoms with E-state index < -0.39 is 0 Å². The topological polar surface area (TPSA) is 37.0 Å². The van der Waals surface area contributed by atoms with E-state index in [1.54, 1.807) is 0 Å². The second-order valence-electron chi connectivity index (χ2n) is 5.97. The predicted octanol–water partition coefficient (Wildman–Crippen LogP) is 4.38. The quantitative estimate of drug-likeness (QED) is 0.565. The van der Waals surface area contributed by atoms with Crippen molar-refractivity contribution in [2.45, 2.75) is 19.4 Å². The first kappa shape index (κ1) is 17.4. The van der Waals surface area contributed by atoms with Crippen LogP contribution in [0.1, 0.15) is 17.5 Å². The number of halogens is 2. The van der Waals surface area contributed by atoms with Crippen molar-refractivity contribution in [1.82, 2.24) is 10.3 Å². The van der Waals surface area contributed by atoms with Gasteiger partial charge in [-0.25, -0.2) is 4.39 Å². The van der Waals surface area contributed by atoms with Gasteiger partial charge in [-0.3, -0.25) is 4.39 Å². The summed E-state index contributed by atoms with van der Waals surface area (Å²) in [6.07, 6.45) is 3.21. The number of alkyl halides is 1. The molecule has 132 valence electrons. The number of hydrogen-bond donors (Lipinski definition) is 2. The van der Waals surface area contributed by atoms with Crippen LogP contribution in [0, 0.1) is 5.82 Å². The van der Waals surface area contributed by atoms with E-state index in [0.717, 1.165) is 41.7 Å². The molecule has 0 aliphatic rings. The molecule has 0 aliphatic carbocycles. The molecule has 2 N–H and O–H groups in total. The number of ether oxygens (including phenoxy) is 1. The lowest BCUT2D eigenvalue weighted by Crippen LogP contribution is -2.16. The fraction of sp³-hybridized carbons (Fsp3) is 0.300. The van der Waals surface area contributed by atoms with Crippen LogP contribution >= 0.6 is 0 Å². The van der Waals surface area contributed by atoms with Crippen LogP contribution in [-0.2, 0) is 13.0 Å². The Bertz CT molecular complexity index is 816. The lowest BCUT2D eigenvalue weighted by molar-refractivity contribution is 0.289. The van der Waals surface area contributed by atoms with E-state index >= 15 is 0 Å². The van der Waals surface area contributed by atoms with E-state index in [4.69, 9.17) is 4.74 Å². The number of hydrogen-bond acceptors (Lipinski definition) is 2. The first-order valence-electron chi connectivity index (χ1n) is 8.50. The average molecular weight is 344 g/mol. The molecule has 25 heavy (non-hydrogen) atoms. The third kappa shape index (κ3) is 4.79. The molecule has 0 amide bonds. The highest BCUT2D eigenvalue weighted by Gasteiger charge is 2.04. The van der Waals surface area contributed by atoms with E-state index in [1.165, 1.54) is 17.7 Å². The molecule has 0 atom stereocenters. The van der Waals surface area contributed by atoms with Gasteiger partial charge < -0.3 is 15.0 Å².